The number of likely N-dealkylation sites (tertiary alicyclic amines) is 1. The van der Waals surface area contributed by atoms with Crippen LogP contribution in [0.1, 0.15) is 59.2 Å². The second-order valence-electron chi connectivity index (χ2n) is 8.97. The number of nitrogens with one attached hydrogen (secondary N) is 2. The second kappa shape index (κ2) is 10.8. The molecule has 1 fully saturated rings. The number of piperidine rings is 1. The summed E-state index contributed by atoms with van der Waals surface area (Å²) in [4.78, 5) is 41.1. The lowest BCUT2D eigenvalue weighted by atomic mass is 9.88. The Hall–Kier alpha value is -2.67. The highest BCUT2D eigenvalue weighted by Crippen LogP contribution is 2.24. The van der Waals surface area contributed by atoms with Crippen molar-refractivity contribution in [2.75, 3.05) is 13.1 Å². The highest BCUT2D eigenvalue weighted by Gasteiger charge is 2.35. The van der Waals surface area contributed by atoms with E-state index in [0.29, 0.717) is 42.3 Å². The van der Waals surface area contributed by atoms with Gasteiger partial charge in [0.2, 0.25) is 5.91 Å². The maximum atomic E-state index is 13.1. The zero-order valence-electron chi connectivity index (χ0n) is 19.3. The molecule has 1 aliphatic rings. The largest absolute Gasteiger partial charge is 0.352 e. The SMILES string of the molecule is Cc1ccc(C(=O)N2CCC([C@@H](NC(=O)c3cccs3)C(=O)N[C@H](C)C(C)C)CC2)cc1. The number of nitrogens with zero attached hydrogens (tertiary/aromatic N) is 1. The summed E-state index contributed by atoms with van der Waals surface area (Å²) in [7, 11) is 0. The minimum absolute atomic E-state index is 0.00634. The third-order valence-electron chi connectivity index (χ3n) is 6.28. The van der Waals surface area contributed by atoms with E-state index in [4.69, 9.17) is 0 Å². The van der Waals surface area contributed by atoms with Crippen molar-refractivity contribution in [2.45, 2.75) is 52.6 Å². The molecule has 0 radical (unpaired) electrons. The van der Waals surface area contributed by atoms with Gasteiger partial charge in [-0.15, -0.1) is 11.3 Å². The first-order valence-corrected chi connectivity index (χ1v) is 12.1. The van der Waals surface area contributed by atoms with Crippen LogP contribution in [0.4, 0.5) is 0 Å². The Kier molecular flexibility index (Phi) is 8.07. The summed E-state index contributed by atoms with van der Waals surface area (Å²) in [6.45, 7) is 9.21. The van der Waals surface area contributed by atoms with E-state index in [1.165, 1.54) is 11.3 Å². The van der Waals surface area contributed by atoms with E-state index in [1.54, 1.807) is 6.07 Å². The van der Waals surface area contributed by atoms with Gasteiger partial charge in [0.1, 0.15) is 6.04 Å². The molecule has 2 atom stereocenters. The Morgan fingerprint density at radius 1 is 1.00 bits per heavy atom. The topological polar surface area (TPSA) is 78.5 Å². The fourth-order valence-corrected chi connectivity index (χ4v) is 4.44. The molecule has 2 aromatic rings. The Morgan fingerprint density at radius 3 is 2.22 bits per heavy atom. The van der Waals surface area contributed by atoms with Gasteiger partial charge in [-0.05, 0) is 62.1 Å². The Balaban J connectivity index is 1.68. The molecular weight excluding hydrogens is 422 g/mol. The molecule has 3 amide bonds. The molecule has 7 heteroatoms. The normalized spacial score (nSPS) is 16.5. The van der Waals surface area contributed by atoms with Gasteiger partial charge in [-0.3, -0.25) is 14.4 Å². The summed E-state index contributed by atoms with van der Waals surface area (Å²) >= 11 is 1.36. The summed E-state index contributed by atoms with van der Waals surface area (Å²) in [5.74, 6) is -0.0997. The average molecular weight is 456 g/mol. The van der Waals surface area contributed by atoms with Crippen LogP contribution in [0.2, 0.25) is 0 Å². The Labute approximate surface area is 194 Å². The molecule has 0 bridgehead atoms. The van der Waals surface area contributed by atoms with Gasteiger partial charge in [-0.1, -0.05) is 37.6 Å². The van der Waals surface area contributed by atoms with E-state index < -0.39 is 6.04 Å². The highest BCUT2D eigenvalue weighted by molar-refractivity contribution is 7.12. The predicted molar refractivity (Wildman–Crippen MR) is 128 cm³/mol. The van der Waals surface area contributed by atoms with Gasteiger partial charge in [0, 0.05) is 24.7 Å². The lowest BCUT2D eigenvalue weighted by Gasteiger charge is -2.36. The third kappa shape index (κ3) is 5.97. The number of hydrogen-bond acceptors (Lipinski definition) is 4. The van der Waals surface area contributed by atoms with Gasteiger partial charge in [0.05, 0.1) is 4.88 Å². The van der Waals surface area contributed by atoms with Crippen molar-refractivity contribution in [2.24, 2.45) is 11.8 Å². The molecule has 3 rings (SSSR count). The van der Waals surface area contributed by atoms with Crippen molar-refractivity contribution in [1.82, 2.24) is 15.5 Å². The van der Waals surface area contributed by atoms with Crippen LogP contribution in [-0.2, 0) is 4.79 Å². The standard InChI is InChI=1S/C25H33N3O3S/c1-16(2)18(4)26-24(30)22(27-23(29)21-6-5-15-32-21)19-11-13-28(14-12-19)25(31)20-9-7-17(3)8-10-20/h5-10,15-16,18-19,22H,11-14H2,1-4H3,(H,26,30)(H,27,29)/t18-,22-/m1/s1. The van der Waals surface area contributed by atoms with Crippen LogP contribution >= 0.6 is 11.3 Å². The van der Waals surface area contributed by atoms with Crippen molar-refractivity contribution in [3.63, 3.8) is 0 Å². The lowest BCUT2D eigenvalue weighted by molar-refractivity contribution is -0.125. The average Bonchev–Trinajstić information content (AvgIpc) is 3.32. The fraction of sp³-hybridized carbons (Fsp3) is 0.480. The van der Waals surface area contributed by atoms with Crippen LogP contribution in [0, 0.1) is 18.8 Å². The number of rotatable bonds is 7. The van der Waals surface area contributed by atoms with Gasteiger partial charge < -0.3 is 15.5 Å². The van der Waals surface area contributed by atoms with Gasteiger partial charge in [0.15, 0.2) is 0 Å². The van der Waals surface area contributed by atoms with E-state index in [-0.39, 0.29) is 29.7 Å². The van der Waals surface area contributed by atoms with Crippen molar-refractivity contribution >= 4 is 29.1 Å². The number of amides is 3. The van der Waals surface area contributed by atoms with E-state index >= 15 is 0 Å². The molecule has 1 aliphatic heterocycles. The number of carbonyl (C=O) groups is 3. The van der Waals surface area contributed by atoms with Crippen molar-refractivity contribution in [3.8, 4) is 0 Å². The minimum Gasteiger partial charge on any atom is -0.352 e. The van der Waals surface area contributed by atoms with Crippen molar-refractivity contribution in [3.05, 3.63) is 57.8 Å². The van der Waals surface area contributed by atoms with Crippen LogP contribution in [0.5, 0.6) is 0 Å². The van der Waals surface area contributed by atoms with Crippen molar-refractivity contribution in [1.29, 1.82) is 0 Å². The molecule has 2 heterocycles. The molecule has 0 aliphatic carbocycles. The van der Waals surface area contributed by atoms with Crippen LogP contribution in [0.3, 0.4) is 0 Å². The second-order valence-corrected chi connectivity index (χ2v) is 9.91. The monoisotopic (exact) mass is 455 g/mol. The molecule has 1 aromatic heterocycles. The molecule has 0 spiro atoms. The van der Waals surface area contributed by atoms with E-state index in [0.717, 1.165) is 5.56 Å². The zero-order valence-corrected chi connectivity index (χ0v) is 20.1. The van der Waals surface area contributed by atoms with Crippen LogP contribution < -0.4 is 10.6 Å². The first kappa shape index (κ1) is 24.0. The summed E-state index contributed by atoms with van der Waals surface area (Å²) in [6, 6.07) is 10.6. The number of carbonyl (C=O) groups excluding carboxylic acids is 3. The molecular formula is C25H33N3O3S. The molecule has 1 saturated heterocycles. The zero-order chi connectivity index (χ0) is 23.3. The van der Waals surface area contributed by atoms with E-state index in [1.807, 2.05) is 54.5 Å². The first-order chi connectivity index (χ1) is 15.3. The highest BCUT2D eigenvalue weighted by atomic mass is 32.1. The third-order valence-corrected chi connectivity index (χ3v) is 7.15. The Bertz CT molecular complexity index is 916. The van der Waals surface area contributed by atoms with E-state index in [2.05, 4.69) is 24.5 Å². The van der Waals surface area contributed by atoms with Crippen LogP contribution in [-0.4, -0.2) is 47.8 Å². The quantitative estimate of drug-likeness (QED) is 0.665. The number of hydrogen-bond donors (Lipinski definition) is 2. The van der Waals surface area contributed by atoms with Gasteiger partial charge in [-0.2, -0.15) is 0 Å². The first-order valence-electron chi connectivity index (χ1n) is 11.3. The molecule has 172 valence electrons. The van der Waals surface area contributed by atoms with Crippen LogP contribution in [0.15, 0.2) is 41.8 Å². The Morgan fingerprint density at radius 2 is 1.66 bits per heavy atom. The lowest BCUT2D eigenvalue weighted by Crippen LogP contribution is -2.55. The maximum Gasteiger partial charge on any atom is 0.262 e. The summed E-state index contributed by atoms with van der Waals surface area (Å²) in [5, 5.41) is 7.88. The maximum absolute atomic E-state index is 13.1. The van der Waals surface area contributed by atoms with Crippen molar-refractivity contribution < 1.29 is 14.4 Å². The van der Waals surface area contributed by atoms with Crippen LogP contribution in [0.25, 0.3) is 0 Å². The molecule has 6 nitrogen and oxygen atoms in total. The number of thiophene rings is 1. The van der Waals surface area contributed by atoms with Gasteiger partial charge >= 0.3 is 0 Å². The smallest absolute Gasteiger partial charge is 0.262 e. The predicted octanol–water partition coefficient (Wildman–Crippen LogP) is 3.87. The number of benzene rings is 1. The molecule has 0 unspecified atom stereocenters. The summed E-state index contributed by atoms with van der Waals surface area (Å²) < 4.78 is 0. The minimum atomic E-state index is -0.623. The molecule has 0 saturated carbocycles. The van der Waals surface area contributed by atoms with Gasteiger partial charge in [0.25, 0.3) is 11.8 Å². The molecule has 32 heavy (non-hydrogen) atoms. The fourth-order valence-electron chi connectivity index (χ4n) is 3.81. The molecule has 2 N–H and O–H groups in total. The van der Waals surface area contributed by atoms with E-state index in [9.17, 15) is 14.4 Å². The van der Waals surface area contributed by atoms with Gasteiger partial charge in [-0.25, -0.2) is 0 Å². The summed E-state index contributed by atoms with van der Waals surface area (Å²) in [5.41, 5.74) is 1.80. The number of aryl methyl sites for hydroxylation is 1. The summed E-state index contributed by atoms with van der Waals surface area (Å²) in [6.07, 6.45) is 1.33. The molecule has 1 aromatic carbocycles.